The number of likely N-dealkylation sites (tertiary alicyclic amines) is 2. The summed E-state index contributed by atoms with van der Waals surface area (Å²) in [5.41, 5.74) is 0.590. The molecule has 5 heteroatoms. The molecule has 1 unspecified atom stereocenters. The first-order valence-corrected chi connectivity index (χ1v) is 8.82. The van der Waals surface area contributed by atoms with E-state index in [0.717, 1.165) is 39.0 Å². The van der Waals surface area contributed by atoms with Gasteiger partial charge in [-0.15, -0.1) is 0 Å². The minimum atomic E-state index is -0.701. The lowest BCUT2D eigenvalue weighted by Crippen LogP contribution is -2.57. The van der Waals surface area contributed by atoms with Crippen LogP contribution in [0.5, 0.6) is 0 Å². The number of rotatable bonds is 4. The molecule has 1 aromatic rings. The molecule has 2 heterocycles. The summed E-state index contributed by atoms with van der Waals surface area (Å²) < 4.78 is 0. The maximum Gasteiger partial charge on any atom is 0.238 e. The average Bonchev–Trinajstić information content (AvgIpc) is 3.04. The van der Waals surface area contributed by atoms with Gasteiger partial charge in [-0.3, -0.25) is 14.6 Å². The molecule has 1 aromatic carbocycles. The van der Waals surface area contributed by atoms with E-state index in [1.165, 1.54) is 5.56 Å². The van der Waals surface area contributed by atoms with Gasteiger partial charge >= 0.3 is 0 Å². The molecule has 2 aliphatic heterocycles. The second-order valence-electron chi connectivity index (χ2n) is 7.08. The molecule has 2 aliphatic rings. The van der Waals surface area contributed by atoms with Gasteiger partial charge in [0.15, 0.2) is 0 Å². The largest absolute Gasteiger partial charge is 0.336 e. The normalized spacial score (nSPS) is 24.4. The number of nitrogens with zero attached hydrogens (tertiary/aromatic N) is 3. The van der Waals surface area contributed by atoms with Crippen LogP contribution in [0.15, 0.2) is 30.3 Å². The first-order chi connectivity index (χ1) is 11.6. The number of carbonyl (C=O) groups is 1. The predicted molar refractivity (Wildman–Crippen MR) is 93.1 cm³/mol. The van der Waals surface area contributed by atoms with E-state index in [0.29, 0.717) is 12.8 Å². The third kappa shape index (κ3) is 3.77. The van der Waals surface area contributed by atoms with Crippen LogP contribution in [0, 0.1) is 11.3 Å². The fraction of sp³-hybridized carbons (Fsp3) is 0.579. The van der Waals surface area contributed by atoms with Crippen LogP contribution in [0.2, 0.25) is 0 Å². The number of hydrogen-bond acceptors (Lipinski definition) is 4. The van der Waals surface area contributed by atoms with Crippen molar-refractivity contribution in [3.05, 3.63) is 35.9 Å². The van der Waals surface area contributed by atoms with Gasteiger partial charge in [0.25, 0.3) is 0 Å². The molecule has 5 nitrogen and oxygen atoms in total. The third-order valence-electron chi connectivity index (χ3n) is 5.36. The van der Waals surface area contributed by atoms with Gasteiger partial charge in [-0.1, -0.05) is 30.3 Å². The highest BCUT2D eigenvalue weighted by Crippen LogP contribution is 2.24. The molecule has 2 fully saturated rings. The summed E-state index contributed by atoms with van der Waals surface area (Å²) in [5.74, 6) is 0.0214. The summed E-state index contributed by atoms with van der Waals surface area (Å²) in [6, 6.07) is 12.7. The standard InChI is InChI=1S/C19H26N4O/c1-22-11-5-8-17(22)18(24)21-19(15-20)9-12-23(13-10-19)14-16-6-3-2-4-7-16/h2-4,6-7,17H,5,8-14H2,1H3,(H,21,24). The van der Waals surface area contributed by atoms with E-state index in [1.807, 2.05) is 13.1 Å². The number of nitrogens with one attached hydrogen (secondary N) is 1. The number of hydrogen-bond donors (Lipinski definition) is 1. The smallest absolute Gasteiger partial charge is 0.238 e. The Hall–Kier alpha value is -1.90. The second-order valence-corrected chi connectivity index (χ2v) is 7.08. The monoisotopic (exact) mass is 326 g/mol. The summed E-state index contributed by atoms with van der Waals surface area (Å²) in [5, 5.41) is 12.7. The van der Waals surface area contributed by atoms with Crippen molar-refractivity contribution in [2.45, 2.75) is 43.8 Å². The van der Waals surface area contributed by atoms with Crippen LogP contribution in [-0.4, -0.2) is 54.0 Å². The number of carbonyl (C=O) groups excluding carboxylic acids is 1. The molecule has 0 aromatic heterocycles. The number of piperidine rings is 1. The molecule has 0 spiro atoms. The minimum Gasteiger partial charge on any atom is -0.336 e. The number of likely N-dealkylation sites (N-methyl/N-ethyl adjacent to an activating group) is 1. The number of nitriles is 1. The Bertz CT molecular complexity index is 602. The van der Waals surface area contributed by atoms with Crippen LogP contribution in [0.3, 0.4) is 0 Å². The Morgan fingerprint density at radius 3 is 2.58 bits per heavy atom. The highest BCUT2D eigenvalue weighted by atomic mass is 16.2. The predicted octanol–water partition coefficient (Wildman–Crippen LogP) is 1.76. The molecular weight excluding hydrogens is 300 g/mol. The minimum absolute atomic E-state index is 0.0214. The molecule has 0 bridgehead atoms. The van der Waals surface area contributed by atoms with Crippen LogP contribution >= 0.6 is 0 Å². The number of benzene rings is 1. The fourth-order valence-electron chi connectivity index (χ4n) is 3.76. The van der Waals surface area contributed by atoms with E-state index in [1.54, 1.807) is 0 Å². The lowest BCUT2D eigenvalue weighted by atomic mass is 9.88. The molecule has 1 amide bonds. The van der Waals surface area contributed by atoms with E-state index in [4.69, 9.17) is 0 Å². The van der Waals surface area contributed by atoms with Gasteiger partial charge in [0, 0.05) is 19.6 Å². The van der Waals surface area contributed by atoms with Crippen LogP contribution in [-0.2, 0) is 11.3 Å². The van der Waals surface area contributed by atoms with E-state index in [2.05, 4.69) is 45.5 Å². The topological polar surface area (TPSA) is 59.4 Å². The van der Waals surface area contributed by atoms with Crippen molar-refractivity contribution in [3.63, 3.8) is 0 Å². The number of amides is 1. The van der Waals surface area contributed by atoms with Gasteiger partial charge in [-0.25, -0.2) is 0 Å². The molecular formula is C19H26N4O. The van der Waals surface area contributed by atoms with Crippen molar-refractivity contribution in [1.82, 2.24) is 15.1 Å². The van der Waals surface area contributed by atoms with Crippen LogP contribution in [0.1, 0.15) is 31.2 Å². The first-order valence-electron chi connectivity index (χ1n) is 8.82. The molecule has 1 N–H and O–H groups in total. The SMILES string of the molecule is CN1CCCC1C(=O)NC1(C#N)CCN(Cc2ccccc2)CC1. The Morgan fingerprint density at radius 2 is 2.00 bits per heavy atom. The van der Waals surface area contributed by atoms with E-state index in [9.17, 15) is 10.1 Å². The highest BCUT2D eigenvalue weighted by Gasteiger charge is 2.39. The molecule has 0 aliphatic carbocycles. The third-order valence-corrected chi connectivity index (χ3v) is 5.36. The van der Waals surface area contributed by atoms with Crippen molar-refractivity contribution in [1.29, 1.82) is 5.26 Å². The second kappa shape index (κ2) is 7.33. The van der Waals surface area contributed by atoms with Gasteiger partial charge in [-0.2, -0.15) is 5.26 Å². The van der Waals surface area contributed by atoms with Crippen LogP contribution in [0.25, 0.3) is 0 Å². The Labute approximate surface area is 144 Å². The van der Waals surface area contributed by atoms with Gasteiger partial charge in [-0.05, 0) is 44.8 Å². The van der Waals surface area contributed by atoms with Crippen LogP contribution in [0.4, 0.5) is 0 Å². The zero-order valence-electron chi connectivity index (χ0n) is 14.4. The van der Waals surface area contributed by atoms with Gasteiger partial charge < -0.3 is 5.32 Å². The van der Waals surface area contributed by atoms with Crippen molar-refractivity contribution < 1.29 is 4.79 Å². The van der Waals surface area contributed by atoms with E-state index in [-0.39, 0.29) is 11.9 Å². The van der Waals surface area contributed by atoms with Gasteiger partial charge in [0.05, 0.1) is 12.1 Å². The summed E-state index contributed by atoms with van der Waals surface area (Å²) >= 11 is 0. The van der Waals surface area contributed by atoms with Crippen molar-refractivity contribution in [2.75, 3.05) is 26.7 Å². The summed E-state index contributed by atoms with van der Waals surface area (Å²) in [4.78, 5) is 17.0. The van der Waals surface area contributed by atoms with E-state index < -0.39 is 5.54 Å². The Balaban J connectivity index is 1.56. The molecule has 2 saturated heterocycles. The van der Waals surface area contributed by atoms with E-state index >= 15 is 0 Å². The molecule has 1 atom stereocenters. The Kier molecular flexibility index (Phi) is 5.17. The summed E-state index contributed by atoms with van der Waals surface area (Å²) in [6.07, 6.45) is 3.33. The first kappa shape index (κ1) is 16.9. The quantitative estimate of drug-likeness (QED) is 0.916. The molecule has 24 heavy (non-hydrogen) atoms. The van der Waals surface area contributed by atoms with Gasteiger partial charge in [0.2, 0.25) is 5.91 Å². The fourth-order valence-corrected chi connectivity index (χ4v) is 3.76. The van der Waals surface area contributed by atoms with Gasteiger partial charge in [0.1, 0.15) is 5.54 Å². The average molecular weight is 326 g/mol. The maximum absolute atomic E-state index is 12.5. The van der Waals surface area contributed by atoms with Crippen molar-refractivity contribution >= 4 is 5.91 Å². The molecule has 0 saturated carbocycles. The Morgan fingerprint density at radius 1 is 1.29 bits per heavy atom. The maximum atomic E-state index is 12.5. The zero-order valence-corrected chi connectivity index (χ0v) is 14.4. The summed E-state index contributed by atoms with van der Waals surface area (Å²) in [6.45, 7) is 3.54. The summed E-state index contributed by atoms with van der Waals surface area (Å²) in [7, 11) is 1.98. The lowest BCUT2D eigenvalue weighted by molar-refractivity contribution is -0.127. The molecule has 0 radical (unpaired) electrons. The molecule has 3 rings (SSSR count). The molecule has 128 valence electrons. The van der Waals surface area contributed by atoms with Crippen molar-refractivity contribution in [2.24, 2.45) is 0 Å². The highest BCUT2D eigenvalue weighted by molar-refractivity contribution is 5.83. The zero-order chi connectivity index (χ0) is 17.0. The van der Waals surface area contributed by atoms with Crippen molar-refractivity contribution in [3.8, 4) is 6.07 Å². The van der Waals surface area contributed by atoms with Crippen LogP contribution < -0.4 is 5.32 Å². The lowest BCUT2D eigenvalue weighted by Gasteiger charge is -2.38.